The highest BCUT2D eigenvalue weighted by molar-refractivity contribution is 14.0. The first-order valence-electron chi connectivity index (χ1n) is 6.88. The summed E-state index contributed by atoms with van der Waals surface area (Å²) in [7, 11) is 1.76. The Morgan fingerprint density at radius 3 is 2.67 bits per heavy atom. The molecule has 0 heterocycles. The zero-order valence-electron chi connectivity index (χ0n) is 13.1. The van der Waals surface area contributed by atoms with E-state index in [9.17, 15) is 4.79 Å². The van der Waals surface area contributed by atoms with Crippen LogP contribution >= 0.6 is 24.0 Å². The van der Waals surface area contributed by atoms with Gasteiger partial charge in [-0.05, 0) is 31.0 Å². The molecule has 21 heavy (non-hydrogen) atoms. The summed E-state index contributed by atoms with van der Waals surface area (Å²) in [6.45, 7) is 6.40. The van der Waals surface area contributed by atoms with Gasteiger partial charge in [-0.3, -0.25) is 9.79 Å². The van der Waals surface area contributed by atoms with Crippen molar-refractivity contribution in [2.45, 2.75) is 39.8 Å². The van der Waals surface area contributed by atoms with Crippen molar-refractivity contribution in [3.05, 3.63) is 29.8 Å². The third-order valence-electron chi connectivity index (χ3n) is 2.93. The van der Waals surface area contributed by atoms with Crippen molar-refractivity contribution in [1.29, 1.82) is 0 Å². The summed E-state index contributed by atoms with van der Waals surface area (Å²) in [6, 6.07) is 8.14. The molecule has 0 saturated heterocycles. The summed E-state index contributed by atoms with van der Waals surface area (Å²) in [5.74, 6) is 0.716. The molecule has 0 radical (unpaired) electrons. The van der Waals surface area contributed by atoms with E-state index < -0.39 is 0 Å². The Morgan fingerprint density at radius 1 is 1.38 bits per heavy atom. The lowest BCUT2D eigenvalue weighted by Gasteiger charge is -2.16. The summed E-state index contributed by atoms with van der Waals surface area (Å²) in [5, 5.41) is 9.34. The van der Waals surface area contributed by atoms with Crippen LogP contribution in [0.2, 0.25) is 0 Å². The van der Waals surface area contributed by atoms with Crippen LogP contribution in [-0.2, 0) is 11.3 Å². The van der Waals surface area contributed by atoms with Crippen molar-refractivity contribution in [1.82, 2.24) is 10.6 Å². The monoisotopic (exact) mass is 404 g/mol. The van der Waals surface area contributed by atoms with Crippen molar-refractivity contribution >= 4 is 41.5 Å². The zero-order chi connectivity index (χ0) is 15.0. The van der Waals surface area contributed by atoms with Gasteiger partial charge in [-0.15, -0.1) is 24.0 Å². The first-order valence-corrected chi connectivity index (χ1v) is 6.88. The largest absolute Gasteiger partial charge is 0.354 e. The van der Waals surface area contributed by atoms with Crippen molar-refractivity contribution in [2.75, 3.05) is 12.4 Å². The van der Waals surface area contributed by atoms with Gasteiger partial charge >= 0.3 is 0 Å². The Kier molecular flexibility index (Phi) is 9.77. The van der Waals surface area contributed by atoms with Crippen LogP contribution in [0.15, 0.2) is 29.3 Å². The average molecular weight is 404 g/mol. The Labute approximate surface area is 144 Å². The fourth-order valence-corrected chi connectivity index (χ4v) is 1.68. The minimum atomic E-state index is -0.0654. The third-order valence-corrected chi connectivity index (χ3v) is 2.93. The molecule has 1 aromatic rings. The molecule has 1 aromatic carbocycles. The second-order valence-electron chi connectivity index (χ2n) is 4.76. The van der Waals surface area contributed by atoms with Gasteiger partial charge in [0.1, 0.15) is 0 Å². The standard InChI is InChI=1S/C15H24N4O.HI/c1-5-11(2)18-15(16-4)17-10-13-7-6-8-14(9-13)19-12(3)20;/h6-9,11H,5,10H2,1-4H3,(H,19,20)(H2,16,17,18);1H. The number of guanidine groups is 1. The molecule has 0 aliphatic heterocycles. The minimum Gasteiger partial charge on any atom is -0.354 e. The molecular formula is C15H25IN4O. The van der Waals surface area contributed by atoms with Crippen LogP contribution in [0, 0.1) is 0 Å². The van der Waals surface area contributed by atoms with Crippen LogP contribution < -0.4 is 16.0 Å². The molecule has 1 atom stereocenters. The van der Waals surface area contributed by atoms with E-state index in [0.717, 1.165) is 23.6 Å². The van der Waals surface area contributed by atoms with Crippen molar-refractivity contribution in [3.63, 3.8) is 0 Å². The number of amides is 1. The van der Waals surface area contributed by atoms with Crippen molar-refractivity contribution < 1.29 is 4.79 Å². The van der Waals surface area contributed by atoms with Gasteiger partial charge in [-0.1, -0.05) is 19.1 Å². The molecular weight excluding hydrogens is 379 g/mol. The first-order chi connectivity index (χ1) is 9.55. The van der Waals surface area contributed by atoms with Crippen LogP contribution in [-0.4, -0.2) is 25.0 Å². The summed E-state index contributed by atoms with van der Waals surface area (Å²) >= 11 is 0. The fourth-order valence-electron chi connectivity index (χ4n) is 1.68. The Bertz CT molecular complexity index is 476. The number of rotatable bonds is 5. The molecule has 0 aromatic heterocycles. The lowest BCUT2D eigenvalue weighted by molar-refractivity contribution is -0.114. The van der Waals surface area contributed by atoms with Gasteiger partial charge in [0.15, 0.2) is 5.96 Å². The van der Waals surface area contributed by atoms with E-state index in [1.165, 1.54) is 6.92 Å². The topological polar surface area (TPSA) is 65.5 Å². The van der Waals surface area contributed by atoms with Gasteiger partial charge in [0, 0.05) is 32.2 Å². The SMILES string of the molecule is CCC(C)NC(=NC)NCc1cccc(NC(C)=O)c1.I. The molecule has 1 unspecified atom stereocenters. The third kappa shape index (κ3) is 7.89. The van der Waals surface area contributed by atoms with E-state index in [-0.39, 0.29) is 29.9 Å². The van der Waals surface area contributed by atoms with E-state index in [1.807, 2.05) is 24.3 Å². The zero-order valence-corrected chi connectivity index (χ0v) is 15.4. The summed E-state index contributed by atoms with van der Waals surface area (Å²) in [4.78, 5) is 15.2. The smallest absolute Gasteiger partial charge is 0.221 e. The number of nitrogens with one attached hydrogen (secondary N) is 3. The Balaban J connectivity index is 0.00000400. The summed E-state index contributed by atoms with van der Waals surface area (Å²) < 4.78 is 0. The summed E-state index contributed by atoms with van der Waals surface area (Å²) in [5.41, 5.74) is 1.89. The van der Waals surface area contributed by atoms with E-state index in [1.54, 1.807) is 7.05 Å². The predicted molar refractivity (Wildman–Crippen MR) is 99.2 cm³/mol. The van der Waals surface area contributed by atoms with Gasteiger partial charge in [0.25, 0.3) is 0 Å². The summed E-state index contributed by atoms with van der Waals surface area (Å²) in [6.07, 6.45) is 1.04. The number of hydrogen-bond donors (Lipinski definition) is 3. The second-order valence-corrected chi connectivity index (χ2v) is 4.76. The number of aliphatic imine (C=N–C) groups is 1. The maximum atomic E-state index is 11.0. The van der Waals surface area contributed by atoms with E-state index in [0.29, 0.717) is 12.6 Å². The molecule has 1 rings (SSSR count). The molecule has 0 spiro atoms. The normalized spacial score (nSPS) is 12.1. The van der Waals surface area contributed by atoms with Crippen LogP contribution in [0.4, 0.5) is 5.69 Å². The lowest BCUT2D eigenvalue weighted by Crippen LogP contribution is -2.41. The Morgan fingerprint density at radius 2 is 2.10 bits per heavy atom. The molecule has 0 bridgehead atoms. The predicted octanol–water partition coefficient (Wildman–Crippen LogP) is 2.73. The van der Waals surface area contributed by atoms with Crippen molar-refractivity contribution in [3.8, 4) is 0 Å². The minimum absolute atomic E-state index is 0. The highest BCUT2D eigenvalue weighted by Crippen LogP contribution is 2.10. The maximum absolute atomic E-state index is 11.0. The quantitative estimate of drug-likeness (QED) is 0.402. The first kappa shape index (κ1) is 19.7. The Hall–Kier alpha value is -1.31. The molecule has 118 valence electrons. The molecule has 3 N–H and O–H groups in total. The van der Waals surface area contributed by atoms with Crippen LogP contribution in [0.25, 0.3) is 0 Å². The number of carbonyl (C=O) groups is 1. The van der Waals surface area contributed by atoms with E-state index >= 15 is 0 Å². The van der Waals surface area contributed by atoms with Crippen LogP contribution in [0.1, 0.15) is 32.8 Å². The van der Waals surface area contributed by atoms with Gasteiger partial charge in [-0.25, -0.2) is 0 Å². The lowest BCUT2D eigenvalue weighted by atomic mass is 10.2. The number of anilines is 1. The van der Waals surface area contributed by atoms with Gasteiger partial charge in [0.05, 0.1) is 0 Å². The molecule has 5 nitrogen and oxygen atoms in total. The van der Waals surface area contributed by atoms with Crippen LogP contribution in [0.3, 0.4) is 0 Å². The number of nitrogens with zero attached hydrogens (tertiary/aromatic N) is 1. The molecule has 0 saturated carbocycles. The van der Waals surface area contributed by atoms with E-state index in [2.05, 4.69) is 34.8 Å². The second kappa shape index (κ2) is 10.4. The molecule has 0 fully saturated rings. The molecule has 1 amide bonds. The van der Waals surface area contributed by atoms with Crippen LogP contribution in [0.5, 0.6) is 0 Å². The molecule has 0 aliphatic rings. The van der Waals surface area contributed by atoms with Gasteiger partial charge in [0.2, 0.25) is 5.91 Å². The number of carbonyl (C=O) groups excluding carboxylic acids is 1. The highest BCUT2D eigenvalue weighted by Gasteiger charge is 2.03. The number of benzene rings is 1. The average Bonchev–Trinajstić information content (AvgIpc) is 2.42. The van der Waals surface area contributed by atoms with Crippen molar-refractivity contribution in [2.24, 2.45) is 4.99 Å². The maximum Gasteiger partial charge on any atom is 0.221 e. The van der Waals surface area contributed by atoms with E-state index in [4.69, 9.17) is 0 Å². The molecule has 0 aliphatic carbocycles. The number of halogens is 1. The van der Waals surface area contributed by atoms with Gasteiger partial charge < -0.3 is 16.0 Å². The fraction of sp³-hybridized carbons (Fsp3) is 0.467. The highest BCUT2D eigenvalue weighted by atomic mass is 127. The van der Waals surface area contributed by atoms with Gasteiger partial charge in [-0.2, -0.15) is 0 Å². The number of hydrogen-bond acceptors (Lipinski definition) is 2. The molecule has 6 heteroatoms.